The summed E-state index contributed by atoms with van der Waals surface area (Å²) < 4.78 is 0. The van der Waals surface area contributed by atoms with Crippen molar-refractivity contribution in [3.05, 3.63) is 54.4 Å². The number of hydrogen-bond acceptors (Lipinski definition) is 4. The average Bonchev–Trinajstić information content (AvgIpc) is 3.09. The van der Waals surface area contributed by atoms with Crippen LogP contribution in [0, 0.1) is 0 Å². The number of fused-ring (bicyclic) bond motifs is 2. The molecule has 0 radical (unpaired) electrons. The number of nitrogens with two attached hydrogens (primary N) is 1. The summed E-state index contributed by atoms with van der Waals surface area (Å²) in [7, 11) is 0. The molecule has 0 amide bonds. The van der Waals surface area contributed by atoms with E-state index < -0.39 is 0 Å². The van der Waals surface area contributed by atoms with E-state index in [0.29, 0.717) is 12.1 Å². The maximum Gasteiger partial charge on any atom is 0.0738 e. The van der Waals surface area contributed by atoms with E-state index in [1.165, 1.54) is 12.0 Å². The van der Waals surface area contributed by atoms with E-state index in [1.807, 2.05) is 12.3 Å². The van der Waals surface area contributed by atoms with Crippen molar-refractivity contribution in [2.75, 3.05) is 23.7 Å². The molecule has 2 aromatic rings. The van der Waals surface area contributed by atoms with Gasteiger partial charge >= 0.3 is 0 Å². The predicted molar refractivity (Wildman–Crippen MR) is 85.0 cm³/mol. The molecule has 2 fully saturated rings. The summed E-state index contributed by atoms with van der Waals surface area (Å²) in [6.07, 6.45) is 4.83. The Balaban J connectivity index is 1.47. The summed E-state index contributed by atoms with van der Waals surface area (Å²) in [4.78, 5) is 9.15. The Morgan fingerprint density at radius 1 is 1.10 bits per heavy atom. The monoisotopic (exact) mass is 280 g/mol. The largest absolute Gasteiger partial charge is 0.396 e. The van der Waals surface area contributed by atoms with Crippen molar-refractivity contribution >= 4 is 11.4 Å². The van der Waals surface area contributed by atoms with Gasteiger partial charge in [0, 0.05) is 37.9 Å². The van der Waals surface area contributed by atoms with Crippen LogP contribution in [0.1, 0.15) is 12.0 Å². The molecule has 108 valence electrons. The first-order chi connectivity index (χ1) is 10.3. The molecule has 4 rings (SSSR count). The lowest BCUT2D eigenvalue weighted by Crippen LogP contribution is -2.46. The normalized spacial score (nSPS) is 24.7. The standard InChI is InChI=1S/C17H20N4/c18-16-9-19-7-6-17(16)21-12-14-8-15(21)11-20(14)10-13-4-2-1-3-5-13/h1-7,9,14-15H,8,10-12,18H2. The second kappa shape index (κ2) is 5.04. The van der Waals surface area contributed by atoms with Crippen LogP contribution >= 0.6 is 0 Å². The number of piperazine rings is 1. The van der Waals surface area contributed by atoms with E-state index in [2.05, 4.69) is 45.1 Å². The van der Waals surface area contributed by atoms with Crippen molar-refractivity contribution in [3.8, 4) is 0 Å². The number of pyridine rings is 1. The van der Waals surface area contributed by atoms with Gasteiger partial charge in [-0.3, -0.25) is 9.88 Å². The zero-order valence-corrected chi connectivity index (χ0v) is 12.0. The number of nitrogen functional groups attached to an aromatic ring is 1. The number of benzene rings is 1. The molecule has 2 aliphatic rings. The van der Waals surface area contributed by atoms with Gasteiger partial charge in [0.05, 0.1) is 17.6 Å². The molecule has 0 aliphatic carbocycles. The first-order valence-electron chi connectivity index (χ1n) is 7.55. The lowest BCUT2D eigenvalue weighted by atomic mass is 10.2. The van der Waals surface area contributed by atoms with Crippen LogP contribution < -0.4 is 10.6 Å². The Hall–Kier alpha value is -2.07. The third kappa shape index (κ3) is 2.25. The molecule has 0 saturated carbocycles. The van der Waals surface area contributed by atoms with Gasteiger partial charge in [-0.05, 0) is 18.1 Å². The first kappa shape index (κ1) is 12.7. The number of anilines is 2. The van der Waals surface area contributed by atoms with E-state index in [1.54, 1.807) is 6.20 Å². The molecule has 2 atom stereocenters. The van der Waals surface area contributed by atoms with E-state index >= 15 is 0 Å². The quantitative estimate of drug-likeness (QED) is 0.935. The molecule has 0 spiro atoms. The Kier molecular flexibility index (Phi) is 3.04. The van der Waals surface area contributed by atoms with Crippen molar-refractivity contribution in [3.63, 3.8) is 0 Å². The number of hydrogen-bond donors (Lipinski definition) is 1. The lowest BCUT2D eigenvalue weighted by molar-refractivity contribution is 0.230. The molecular weight excluding hydrogens is 260 g/mol. The number of aromatic nitrogens is 1. The summed E-state index contributed by atoms with van der Waals surface area (Å²) in [5, 5.41) is 0. The maximum absolute atomic E-state index is 6.07. The molecule has 1 aromatic heterocycles. The van der Waals surface area contributed by atoms with Gasteiger partial charge in [-0.1, -0.05) is 30.3 Å². The maximum atomic E-state index is 6.07. The fourth-order valence-corrected chi connectivity index (χ4v) is 3.72. The van der Waals surface area contributed by atoms with Gasteiger partial charge in [0.25, 0.3) is 0 Å². The highest BCUT2D eigenvalue weighted by molar-refractivity contribution is 5.67. The second-order valence-electron chi connectivity index (χ2n) is 6.05. The van der Waals surface area contributed by atoms with Gasteiger partial charge in [0.15, 0.2) is 0 Å². The fraction of sp³-hybridized carbons (Fsp3) is 0.353. The van der Waals surface area contributed by atoms with Gasteiger partial charge < -0.3 is 10.6 Å². The minimum atomic E-state index is 0.586. The molecule has 4 heteroatoms. The van der Waals surface area contributed by atoms with Crippen LogP contribution in [0.15, 0.2) is 48.8 Å². The van der Waals surface area contributed by atoms with Crippen LogP contribution in [0.25, 0.3) is 0 Å². The summed E-state index contributed by atoms with van der Waals surface area (Å²) in [6, 6.07) is 14.0. The Bertz CT molecular complexity index is 628. The zero-order chi connectivity index (χ0) is 14.2. The molecule has 3 heterocycles. The van der Waals surface area contributed by atoms with Crippen LogP contribution in [0.5, 0.6) is 0 Å². The van der Waals surface area contributed by atoms with E-state index in [-0.39, 0.29) is 0 Å². The Morgan fingerprint density at radius 2 is 1.95 bits per heavy atom. The van der Waals surface area contributed by atoms with E-state index in [4.69, 9.17) is 5.73 Å². The Labute approximate surface area is 125 Å². The molecule has 2 saturated heterocycles. The third-order valence-corrected chi connectivity index (χ3v) is 4.72. The van der Waals surface area contributed by atoms with Crippen LogP contribution in [0.3, 0.4) is 0 Å². The number of rotatable bonds is 3. The summed E-state index contributed by atoms with van der Waals surface area (Å²) in [5.74, 6) is 0. The van der Waals surface area contributed by atoms with E-state index in [9.17, 15) is 0 Å². The van der Waals surface area contributed by atoms with Crippen molar-refractivity contribution in [1.29, 1.82) is 0 Å². The first-order valence-corrected chi connectivity index (χ1v) is 7.55. The van der Waals surface area contributed by atoms with Gasteiger partial charge in [0.2, 0.25) is 0 Å². The highest BCUT2D eigenvalue weighted by atomic mass is 15.4. The van der Waals surface area contributed by atoms with E-state index in [0.717, 1.165) is 31.0 Å². The topological polar surface area (TPSA) is 45.4 Å². The summed E-state index contributed by atoms with van der Waals surface area (Å²) in [5.41, 5.74) is 9.42. The smallest absolute Gasteiger partial charge is 0.0738 e. The van der Waals surface area contributed by atoms with Crippen LogP contribution in [0.2, 0.25) is 0 Å². The second-order valence-corrected chi connectivity index (χ2v) is 6.05. The van der Waals surface area contributed by atoms with Gasteiger partial charge in [-0.2, -0.15) is 0 Å². The average molecular weight is 280 g/mol. The highest BCUT2D eigenvalue weighted by Gasteiger charge is 2.43. The molecule has 21 heavy (non-hydrogen) atoms. The van der Waals surface area contributed by atoms with Crippen molar-refractivity contribution in [2.45, 2.75) is 25.0 Å². The molecule has 2 unspecified atom stereocenters. The lowest BCUT2D eigenvalue weighted by Gasteiger charge is -2.36. The summed E-state index contributed by atoms with van der Waals surface area (Å²) in [6.45, 7) is 3.26. The molecule has 1 aromatic carbocycles. The van der Waals surface area contributed by atoms with Crippen molar-refractivity contribution < 1.29 is 0 Å². The molecule has 2 bridgehead atoms. The predicted octanol–water partition coefficient (Wildman–Crippen LogP) is 2.13. The third-order valence-electron chi connectivity index (χ3n) is 4.72. The van der Waals surface area contributed by atoms with Crippen molar-refractivity contribution in [2.24, 2.45) is 0 Å². The van der Waals surface area contributed by atoms with Crippen LogP contribution in [-0.2, 0) is 6.54 Å². The molecule has 2 aliphatic heterocycles. The minimum Gasteiger partial charge on any atom is -0.396 e. The SMILES string of the molecule is Nc1cnccc1N1CC2CC1CN2Cc1ccccc1. The Morgan fingerprint density at radius 3 is 2.67 bits per heavy atom. The number of likely N-dealkylation sites (tertiary alicyclic amines) is 1. The van der Waals surface area contributed by atoms with Crippen LogP contribution in [-0.4, -0.2) is 35.1 Å². The van der Waals surface area contributed by atoms with Crippen molar-refractivity contribution in [1.82, 2.24) is 9.88 Å². The van der Waals surface area contributed by atoms with Gasteiger partial charge in [-0.25, -0.2) is 0 Å². The van der Waals surface area contributed by atoms with Gasteiger partial charge in [-0.15, -0.1) is 0 Å². The molecule has 4 nitrogen and oxygen atoms in total. The van der Waals surface area contributed by atoms with Crippen LogP contribution in [0.4, 0.5) is 11.4 Å². The fourth-order valence-electron chi connectivity index (χ4n) is 3.72. The summed E-state index contributed by atoms with van der Waals surface area (Å²) >= 11 is 0. The van der Waals surface area contributed by atoms with Gasteiger partial charge in [0.1, 0.15) is 0 Å². The molecule has 2 N–H and O–H groups in total. The zero-order valence-electron chi connectivity index (χ0n) is 12.0. The molecular formula is C17H20N4. The number of nitrogens with zero attached hydrogens (tertiary/aromatic N) is 3. The minimum absolute atomic E-state index is 0.586. The highest BCUT2D eigenvalue weighted by Crippen LogP contribution is 2.37.